The number of nitrogens with zero attached hydrogens (tertiary/aromatic N) is 2. The normalized spacial score (nSPS) is 29.4. The van der Waals surface area contributed by atoms with E-state index in [1.165, 1.54) is 0 Å². The molecule has 0 aromatic heterocycles. The summed E-state index contributed by atoms with van der Waals surface area (Å²) in [5.74, 6) is 1.87. The molecule has 0 saturated carbocycles. The molecule has 0 aliphatic carbocycles. The molecule has 2 fully saturated rings. The Morgan fingerprint density at radius 1 is 1.28 bits per heavy atom. The quantitative estimate of drug-likeness (QED) is 0.756. The lowest BCUT2D eigenvalue weighted by atomic mass is 10.2. The maximum Gasteiger partial charge on any atom is 0.153 e. The van der Waals surface area contributed by atoms with Crippen LogP contribution in [0.5, 0.6) is 0 Å². The molecule has 2 heterocycles. The second-order valence-electron chi connectivity index (χ2n) is 5.52. The number of thioether (sulfide) groups is 1. The van der Waals surface area contributed by atoms with E-state index in [1.54, 1.807) is 0 Å². The highest BCUT2D eigenvalue weighted by Gasteiger charge is 2.34. The molecule has 18 heavy (non-hydrogen) atoms. The molecule has 2 saturated heterocycles. The molecule has 0 aromatic rings. The van der Waals surface area contributed by atoms with E-state index < -0.39 is 9.84 Å². The van der Waals surface area contributed by atoms with Crippen molar-refractivity contribution >= 4 is 21.6 Å². The maximum atomic E-state index is 11.7. The molecule has 2 aliphatic rings. The molecule has 6 heteroatoms. The standard InChI is InChI=1S/C12H24N2O2S2/c1-11(2)17-7-5-13-3-4-14-6-8-18(15,16)10-12(14)9-13/h11-12H,3-10H2,1-2H3/t12-/m1/s1. The van der Waals surface area contributed by atoms with Crippen molar-refractivity contribution in [2.75, 3.05) is 50.0 Å². The van der Waals surface area contributed by atoms with E-state index in [0.717, 1.165) is 38.5 Å². The van der Waals surface area contributed by atoms with Gasteiger partial charge in [-0.05, 0) is 5.25 Å². The van der Waals surface area contributed by atoms with E-state index >= 15 is 0 Å². The van der Waals surface area contributed by atoms with Gasteiger partial charge >= 0.3 is 0 Å². The van der Waals surface area contributed by atoms with Crippen molar-refractivity contribution in [3.05, 3.63) is 0 Å². The van der Waals surface area contributed by atoms with Crippen LogP contribution in [0.1, 0.15) is 13.8 Å². The zero-order chi connectivity index (χ0) is 13.2. The van der Waals surface area contributed by atoms with E-state index in [2.05, 4.69) is 23.6 Å². The highest BCUT2D eigenvalue weighted by atomic mass is 32.2. The van der Waals surface area contributed by atoms with Crippen molar-refractivity contribution in [1.29, 1.82) is 0 Å². The summed E-state index contributed by atoms with van der Waals surface area (Å²) in [5.41, 5.74) is 0. The Bertz CT molecular complexity index is 370. The summed E-state index contributed by atoms with van der Waals surface area (Å²) in [5, 5.41) is 0.682. The van der Waals surface area contributed by atoms with Gasteiger partial charge in [0.2, 0.25) is 0 Å². The lowest BCUT2D eigenvalue weighted by Crippen LogP contribution is -2.59. The van der Waals surface area contributed by atoms with Crippen LogP contribution in [0.4, 0.5) is 0 Å². The fraction of sp³-hybridized carbons (Fsp3) is 1.00. The Morgan fingerprint density at radius 3 is 2.78 bits per heavy atom. The molecule has 0 unspecified atom stereocenters. The first-order valence-corrected chi connectivity index (χ1v) is 9.62. The van der Waals surface area contributed by atoms with E-state index in [0.29, 0.717) is 16.8 Å². The van der Waals surface area contributed by atoms with E-state index in [4.69, 9.17) is 0 Å². The minimum Gasteiger partial charge on any atom is -0.300 e. The van der Waals surface area contributed by atoms with Crippen LogP contribution in [0.25, 0.3) is 0 Å². The van der Waals surface area contributed by atoms with Crippen LogP contribution in [0.15, 0.2) is 0 Å². The Balaban J connectivity index is 1.81. The topological polar surface area (TPSA) is 40.6 Å². The highest BCUT2D eigenvalue weighted by Crippen LogP contribution is 2.18. The van der Waals surface area contributed by atoms with Gasteiger partial charge in [0.15, 0.2) is 9.84 Å². The minimum absolute atomic E-state index is 0.238. The monoisotopic (exact) mass is 292 g/mol. The SMILES string of the molecule is CC(C)SCCN1CCN2CCS(=O)(=O)C[C@H]2C1. The first-order chi connectivity index (χ1) is 8.46. The average Bonchev–Trinajstić information content (AvgIpc) is 2.26. The Hall–Kier alpha value is 0.220. The van der Waals surface area contributed by atoms with E-state index in [9.17, 15) is 8.42 Å². The van der Waals surface area contributed by atoms with Crippen LogP contribution in [-0.4, -0.2) is 79.5 Å². The number of fused-ring (bicyclic) bond motifs is 1. The molecule has 106 valence electrons. The first-order valence-electron chi connectivity index (χ1n) is 6.75. The second kappa shape index (κ2) is 6.11. The summed E-state index contributed by atoms with van der Waals surface area (Å²) in [6.45, 7) is 9.32. The molecule has 0 bridgehead atoms. The summed E-state index contributed by atoms with van der Waals surface area (Å²) in [6.07, 6.45) is 0. The Labute approximate surface area is 115 Å². The van der Waals surface area contributed by atoms with Crippen molar-refractivity contribution < 1.29 is 8.42 Å². The third-order valence-electron chi connectivity index (χ3n) is 3.68. The van der Waals surface area contributed by atoms with Gasteiger partial charge in [-0.1, -0.05) is 13.8 Å². The van der Waals surface area contributed by atoms with Crippen LogP contribution >= 0.6 is 11.8 Å². The Morgan fingerprint density at radius 2 is 2.06 bits per heavy atom. The van der Waals surface area contributed by atoms with Gasteiger partial charge in [0, 0.05) is 44.5 Å². The summed E-state index contributed by atoms with van der Waals surface area (Å²) in [7, 11) is -2.78. The van der Waals surface area contributed by atoms with E-state index in [1.807, 2.05) is 11.8 Å². The van der Waals surface area contributed by atoms with Gasteiger partial charge in [-0.2, -0.15) is 11.8 Å². The van der Waals surface area contributed by atoms with Crippen molar-refractivity contribution in [2.24, 2.45) is 0 Å². The lowest BCUT2D eigenvalue weighted by Gasteiger charge is -2.43. The van der Waals surface area contributed by atoms with Gasteiger partial charge < -0.3 is 0 Å². The fourth-order valence-electron chi connectivity index (χ4n) is 2.66. The molecule has 0 N–H and O–H groups in total. The molecule has 2 aliphatic heterocycles. The number of sulfone groups is 1. The zero-order valence-electron chi connectivity index (χ0n) is 11.3. The number of hydrogen-bond donors (Lipinski definition) is 0. The van der Waals surface area contributed by atoms with Crippen LogP contribution in [0.3, 0.4) is 0 Å². The summed E-state index contributed by atoms with van der Waals surface area (Å²) in [4.78, 5) is 4.78. The number of piperazine rings is 1. The smallest absolute Gasteiger partial charge is 0.153 e. The number of hydrogen-bond acceptors (Lipinski definition) is 5. The van der Waals surface area contributed by atoms with Crippen LogP contribution < -0.4 is 0 Å². The first kappa shape index (κ1) is 14.6. The van der Waals surface area contributed by atoms with E-state index in [-0.39, 0.29) is 6.04 Å². The maximum absolute atomic E-state index is 11.7. The average molecular weight is 292 g/mol. The second-order valence-corrected chi connectivity index (χ2v) is 9.44. The molecule has 4 nitrogen and oxygen atoms in total. The van der Waals surface area contributed by atoms with Crippen LogP contribution in [0, 0.1) is 0 Å². The van der Waals surface area contributed by atoms with Crippen molar-refractivity contribution in [3.8, 4) is 0 Å². The minimum atomic E-state index is -2.78. The van der Waals surface area contributed by atoms with Crippen LogP contribution in [0.2, 0.25) is 0 Å². The Kier molecular flexibility index (Phi) is 4.97. The highest BCUT2D eigenvalue weighted by molar-refractivity contribution is 7.99. The molecule has 0 spiro atoms. The predicted octanol–water partition coefficient (Wildman–Crippen LogP) is 0.543. The molecular weight excluding hydrogens is 268 g/mol. The fourth-order valence-corrected chi connectivity index (χ4v) is 5.08. The molecular formula is C12H24N2O2S2. The van der Waals surface area contributed by atoms with Crippen LogP contribution in [-0.2, 0) is 9.84 Å². The van der Waals surface area contributed by atoms with Crippen molar-refractivity contribution in [1.82, 2.24) is 9.80 Å². The molecule has 0 aromatic carbocycles. The molecule has 1 atom stereocenters. The summed E-state index contributed by atoms with van der Waals surface area (Å²) < 4.78 is 23.3. The summed E-state index contributed by atoms with van der Waals surface area (Å²) >= 11 is 1.98. The van der Waals surface area contributed by atoms with Gasteiger partial charge in [-0.25, -0.2) is 8.42 Å². The van der Waals surface area contributed by atoms with Gasteiger partial charge in [-0.15, -0.1) is 0 Å². The molecule has 0 amide bonds. The third kappa shape index (κ3) is 4.11. The molecule has 0 radical (unpaired) electrons. The van der Waals surface area contributed by atoms with Gasteiger partial charge in [0.25, 0.3) is 0 Å². The van der Waals surface area contributed by atoms with Gasteiger partial charge in [0.05, 0.1) is 11.5 Å². The van der Waals surface area contributed by atoms with Gasteiger partial charge in [-0.3, -0.25) is 9.80 Å². The largest absolute Gasteiger partial charge is 0.300 e. The third-order valence-corrected chi connectivity index (χ3v) is 6.47. The van der Waals surface area contributed by atoms with Gasteiger partial charge in [0.1, 0.15) is 0 Å². The molecule has 2 rings (SSSR count). The zero-order valence-corrected chi connectivity index (χ0v) is 13.0. The van der Waals surface area contributed by atoms with Crippen molar-refractivity contribution in [2.45, 2.75) is 25.1 Å². The predicted molar refractivity (Wildman–Crippen MR) is 78.0 cm³/mol. The van der Waals surface area contributed by atoms with Crippen molar-refractivity contribution in [3.63, 3.8) is 0 Å². The lowest BCUT2D eigenvalue weighted by molar-refractivity contribution is 0.0900. The number of rotatable bonds is 4. The summed E-state index contributed by atoms with van der Waals surface area (Å²) in [6, 6.07) is 0.238.